The summed E-state index contributed by atoms with van der Waals surface area (Å²) in [6.45, 7) is 4.90. The van der Waals surface area contributed by atoms with Gasteiger partial charge in [-0.2, -0.15) is 5.10 Å². The van der Waals surface area contributed by atoms with Gasteiger partial charge < -0.3 is 4.74 Å². The predicted molar refractivity (Wildman–Crippen MR) is 98.5 cm³/mol. The molecule has 1 heterocycles. The van der Waals surface area contributed by atoms with Crippen molar-refractivity contribution < 1.29 is 9.53 Å². The van der Waals surface area contributed by atoms with Gasteiger partial charge in [0.15, 0.2) is 0 Å². The van der Waals surface area contributed by atoms with Crippen LogP contribution in [0.5, 0.6) is 0 Å². The number of aryl methyl sites for hydroxylation is 3. The molecule has 128 valence electrons. The molecule has 0 saturated carbocycles. The van der Waals surface area contributed by atoms with Crippen LogP contribution in [-0.4, -0.2) is 22.4 Å². The zero-order chi connectivity index (χ0) is 17.6. The number of esters is 1. The molecule has 4 nitrogen and oxygen atoms in total. The summed E-state index contributed by atoms with van der Waals surface area (Å²) in [4.78, 5) is 12.4. The van der Waals surface area contributed by atoms with Crippen molar-refractivity contribution in [2.75, 3.05) is 6.61 Å². The Morgan fingerprint density at radius 3 is 2.52 bits per heavy atom. The molecule has 4 heteroatoms. The maximum absolute atomic E-state index is 12.4. The molecule has 0 aliphatic heterocycles. The number of benzene rings is 2. The standard InChI is InChI=1S/C21H22N2O2/c1-3-25-21(24)19-15-22-23(14-13-17-10-5-4-6-11-17)20(19)18-12-8-7-9-16(18)2/h4-12,15H,3,13-14H2,1-2H3. The molecule has 25 heavy (non-hydrogen) atoms. The van der Waals surface area contributed by atoms with Crippen LogP contribution >= 0.6 is 0 Å². The lowest BCUT2D eigenvalue weighted by molar-refractivity contribution is 0.0527. The van der Waals surface area contributed by atoms with E-state index in [2.05, 4.69) is 17.2 Å². The Morgan fingerprint density at radius 1 is 1.08 bits per heavy atom. The molecular weight excluding hydrogens is 312 g/mol. The molecule has 0 saturated heterocycles. The minimum absolute atomic E-state index is 0.327. The molecule has 0 amide bonds. The Labute approximate surface area is 148 Å². The van der Waals surface area contributed by atoms with Crippen LogP contribution in [0.1, 0.15) is 28.4 Å². The van der Waals surface area contributed by atoms with E-state index in [-0.39, 0.29) is 5.97 Å². The van der Waals surface area contributed by atoms with Crippen LogP contribution in [-0.2, 0) is 17.7 Å². The third-order valence-electron chi connectivity index (χ3n) is 4.19. The summed E-state index contributed by atoms with van der Waals surface area (Å²) in [6, 6.07) is 18.3. The Bertz CT molecular complexity index is 853. The van der Waals surface area contributed by atoms with Gasteiger partial charge in [0, 0.05) is 12.1 Å². The van der Waals surface area contributed by atoms with Gasteiger partial charge >= 0.3 is 5.97 Å². The second-order valence-corrected chi connectivity index (χ2v) is 5.90. The van der Waals surface area contributed by atoms with E-state index in [4.69, 9.17) is 4.74 Å². The van der Waals surface area contributed by atoms with Crippen LogP contribution in [0.3, 0.4) is 0 Å². The van der Waals surface area contributed by atoms with E-state index in [0.717, 1.165) is 23.2 Å². The molecule has 1 aromatic heterocycles. The average molecular weight is 334 g/mol. The van der Waals surface area contributed by atoms with Gasteiger partial charge in [-0.15, -0.1) is 0 Å². The molecular formula is C21H22N2O2. The summed E-state index contributed by atoms with van der Waals surface area (Å²) < 4.78 is 7.12. The van der Waals surface area contributed by atoms with Crippen molar-refractivity contribution in [1.29, 1.82) is 0 Å². The van der Waals surface area contributed by atoms with Crippen molar-refractivity contribution in [2.24, 2.45) is 0 Å². The van der Waals surface area contributed by atoms with Crippen LogP contribution < -0.4 is 0 Å². The first kappa shape index (κ1) is 17.0. The summed E-state index contributed by atoms with van der Waals surface area (Å²) >= 11 is 0. The summed E-state index contributed by atoms with van der Waals surface area (Å²) in [6.07, 6.45) is 2.47. The highest BCUT2D eigenvalue weighted by molar-refractivity contribution is 5.96. The summed E-state index contributed by atoms with van der Waals surface area (Å²) in [5.41, 5.74) is 4.70. The maximum atomic E-state index is 12.4. The maximum Gasteiger partial charge on any atom is 0.341 e. The van der Waals surface area contributed by atoms with Gasteiger partial charge in [-0.25, -0.2) is 4.79 Å². The third-order valence-corrected chi connectivity index (χ3v) is 4.19. The number of aromatic nitrogens is 2. The largest absolute Gasteiger partial charge is 0.462 e. The van der Waals surface area contributed by atoms with Crippen molar-refractivity contribution in [2.45, 2.75) is 26.8 Å². The molecule has 3 rings (SSSR count). The van der Waals surface area contributed by atoms with Gasteiger partial charge in [0.05, 0.1) is 18.5 Å². The van der Waals surface area contributed by atoms with Gasteiger partial charge in [-0.3, -0.25) is 4.68 Å². The van der Waals surface area contributed by atoms with E-state index in [0.29, 0.717) is 18.7 Å². The van der Waals surface area contributed by atoms with Crippen molar-refractivity contribution in [1.82, 2.24) is 9.78 Å². The number of carbonyl (C=O) groups is 1. The van der Waals surface area contributed by atoms with E-state index in [1.54, 1.807) is 6.20 Å². The van der Waals surface area contributed by atoms with E-state index >= 15 is 0 Å². The Morgan fingerprint density at radius 2 is 1.80 bits per heavy atom. The van der Waals surface area contributed by atoms with Crippen molar-refractivity contribution in [3.63, 3.8) is 0 Å². The highest BCUT2D eigenvalue weighted by atomic mass is 16.5. The fourth-order valence-corrected chi connectivity index (χ4v) is 2.92. The lowest BCUT2D eigenvalue weighted by Gasteiger charge is -2.12. The molecule has 0 radical (unpaired) electrons. The van der Waals surface area contributed by atoms with Crippen LogP contribution in [0.25, 0.3) is 11.3 Å². The second kappa shape index (κ2) is 7.79. The lowest BCUT2D eigenvalue weighted by atomic mass is 10.0. The fourth-order valence-electron chi connectivity index (χ4n) is 2.92. The zero-order valence-corrected chi connectivity index (χ0v) is 14.6. The lowest BCUT2D eigenvalue weighted by Crippen LogP contribution is -2.09. The number of ether oxygens (including phenoxy) is 1. The number of hydrogen-bond acceptors (Lipinski definition) is 3. The summed E-state index contributed by atoms with van der Waals surface area (Å²) in [5, 5.41) is 4.47. The Balaban J connectivity index is 1.98. The van der Waals surface area contributed by atoms with E-state index < -0.39 is 0 Å². The van der Waals surface area contributed by atoms with Gasteiger partial charge in [0.25, 0.3) is 0 Å². The molecule has 2 aromatic carbocycles. The van der Waals surface area contributed by atoms with Crippen molar-refractivity contribution in [3.8, 4) is 11.3 Å². The normalized spacial score (nSPS) is 10.6. The first-order chi connectivity index (χ1) is 12.2. The molecule has 3 aromatic rings. The highest BCUT2D eigenvalue weighted by Crippen LogP contribution is 2.27. The molecule has 0 aliphatic carbocycles. The number of hydrogen-bond donors (Lipinski definition) is 0. The SMILES string of the molecule is CCOC(=O)c1cnn(CCc2ccccc2)c1-c1ccccc1C. The van der Waals surface area contributed by atoms with Gasteiger partial charge in [0.1, 0.15) is 5.56 Å². The summed E-state index contributed by atoms with van der Waals surface area (Å²) in [5.74, 6) is -0.327. The first-order valence-electron chi connectivity index (χ1n) is 8.53. The van der Waals surface area contributed by atoms with Crippen molar-refractivity contribution >= 4 is 5.97 Å². The number of carbonyl (C=O) groups excluding carboxylic acids is 1. The summed E-state index contributed by atoms with van der Waals surface area (Å²) in [7, 11) is 0. The average Bonchev–Trinajstić information content (AvgIpc) is 3.05. The van der Waals surface area contributed by atoms with Gasteiger partial charge in [-0.05, 0) is 31.4 Å². The second-order valence-electron chi connectivity index (χ2n) is 5.90. The molecule has 0 atom stereocenters. The molecule has 0 unspecified atom stereocenters. The van der Waals surface area contributed by atoms with Crippen LogP contribution in [0.4, 0.5) is 0 Å². The molecule has 0 spiro atoms. The van der Waals surface area contributed by atoms with Crippen LogP contribution in [0.15, 0.2) is 60.8 Å². The topological polar surface area (TPSA) is 44.1 Å². The van der Waals surface area contributed by atoms with Gasteiger partial charge in [-0.1, -0.05) is 54.6 Å². The molecule has 0 aliphatic rings. The quantitative estimate of drug-likeness (QED) is 0.632. The van der Waals surface area contributed by atoms with Crippen LogP contribution in [0, 0.1) is 6.92 Å². The minimum atomic E-state index is -0.327. The third kappa shape index (κ3) is 3.79. The number of rotatable bonds is 6. The molecule has 0 fully saturated rings. The van der Waals surface area contributed by atoms with Gasteiger partial charge in [0.2, 0.25) is 0 Å². The fraction of sp³-hybridized carbons (Fsp3) is 0.238. The predicted octanol–water partition coefficient (Wildman–Crippen LogP) is 4.28. The molecule has 0 N–H and O–H groups in total. The van der Waals surface area contributed by atoms with E-state index in [1.807, 2.05) is 61.0 Å². The van der Waals surface area contributed by atoms with Crippen LogP contribution in [0.2, 0.25) is 0 Å². The zero-order valence-electron chi connectivity index (χ0n) is 14.6. The highest BCUT2D eigenvalue weighted by Gasteiger charge is 2.21. The minimum Gasteiger partial charge on any atom is -0.462 e. The van der Waals surface area contributed by atoms with Crippen molar-refractivity contribution in [3.05, 3.63) is 77.5 Å². The van der Waals surface area contributed by atoms with E-state index in [9.17, 15) is 4.79 Å². The number of nitrogens with zero attached hydrogens (tertiary/aromatic N) is 2. The molecule has 0 bridgehead atoms. The first-order valence-corrected chi connectivity index (χ1v) is 8.53. The monoisotopic (exact) mass is 334 g/mol. The Kier molecular flexibility index (Phi) is 5.29. The smallest absolute Gasteiger partial charge is 0.341 e. The Hall–Kier alpha value is -2.88. The van der Waals surface area contributed by atoms with E-state index in [1.165, 1.54) is 5.56 Å².